The summed E-state index contributed by atoms with van der Waals surface area (Å²) < 4.78 is 0. The predicted octanol–water partition coefficient (Wildman–Crippen LogP) is -1.27. The largest absolute Gasteiger partial charge is 0.478 e. The van der Waals surface area contributed by atoms with E-state index in [4.69, 9.17) is 20.4 Å². The number of rotatable bonds is 5. The van der Waals surface area contributed by atoms with E-state index < -0.39 is 23.8 Å². The van der Waals surface area contributed by atoms with E-state index in [9.17, 15) is 4.79 Å². The topological polar surface area (TPSA) is 98.0 Å². The van der Waals surface area contributed by atoms with E-state index >= 15 is 0 Å². The van der Waals surface area contributed by atoms with E-state index in [2.05, 4.69) is 6.58 Å². The minimum atomic E-state index is -1.52. The molecule has 0 saturated carbocycles. The molecule has 0 bridgehead atoms. The standard InChI is InChI=1S/C7H12O5/c1-4(7(11)12)6(10)5(9)2-3-8/h5-6,8-10H,1-3H2,(H,11,12). The lowest BCUT2D eigenvalue weighted by Crippen LogP contribution is -2.31. The van der Waals surface area contributed by atoms with Crippen molar-refractivity contribution in [1.29, 1.82) is 0 Å². The Labute approximate surface area is 69.6 Å². The monoisotopic (exact) mass is 176 g/mol. The number of hydrogen-bond donors (Lipinski definition) is 4. The average Bonchev–Trinajstić information content (AvgIpc) is 2.02. The van der Waals surface area contributed by atoms with E-state index in [-0.39, 0.29) is 13.0 Å². The summed E-state index contributed by atoms with van der Waals surface area (Å²) in [7, 11) is 0. The van der Waals surface area contributed by atoms with E-state index in [0.29, 0.717) is 0 Å². The summed E-state index contributed by atoms with van der Waals surface area (Å²) in [4.78, 5) is 10.2. The first kappa shape index (κ1) is 11.1. The van der Waals surface area contributed by atoms with Crippen LogP contribution in [0.4, 0.5) is 0 Å². The zero-order valence-corrected chi connectivity index (χ0v) is 6.47. The van der Waals surface area contributed by atoms with E-state index in [0.717, 1.165) is 0 Å². The minimum absolute atomic E-state index is 0.0759. The molecule has 2 atom stereocenters. The first-order valence-corrected chi connectivity index (χ1v) is 3.39. The quantitative estimate of drug-likeness (QED) is 0.391. The molecule has 0 aromatic carbocycles. The molecule has 0 spiro atoms. The number of carboxylic acid groups (broad SMARTS) is 1. The molecule has 70 valence electrons. The van der Waals surface area contributed by atoms with Gasteiger partial charge in [-0.2, -0.15) is 0 Å². The summed E-state index contributed by atoms with van der Waals surface area (Å²) in [6, 6.07) is 0. The van der Waals surface area contributed by atoms with Crippen LogP contribution in [0.1, 0.15) is 6.42 Å². The number of aliphatic carboxylic acids is 1. The molecule has 2 unspecified atom stereocenters. The van der Waals surface area contributed by atoms with Gasteiger partial charge in [0.1, 0.15) is 6.10 Å². The number of carboxylic acids is 1. The second kappa shape index (κ2) is 4.87. The Bertz CT molecular complexity index is 177. The first-order chi connectivity index (χ1) is 5.50. The molecule has 0 amide bonds. The van der Waals surface area contributed by atoms with Gasteiger partial charge in [0.05, 0.1) is 11.7 Å². The van der Waals surface area contributed by atoms with Crippen molar-refractivity contribution in [3.8, 4) is 0 Å². The van der Waals surface area contributed by atoms with Crippen molar-refractivity contribution < 1.29 is 25.2 Å². The Morgan fingerprint density at radius 2 is 1.92 bits per heavy atom. The molecule has 0 aliphatic carbocycles. The summed E-state index contributed by atoms with van der Waals surface area (Å²) in [5, 5.41) is 34.7. The Morgan fingerprint density at radius 1 is 1.42 bits per heavy atom. The molecule has 0 heterocycles. The first-order valence-electron chi connectivity index (χ1n) is 3.39. The highest BCUT2D eigenvalue weighted by Gasteiger charge is 2.22. The summed E-state index contributed by atoms with van der Waals surface area (Å²) in [5.74, 6) is -1.36. The van der Waals surface area contributed by atoms with Gasteiger partial charge >= 0.3 is 5.97 Å². The van der Waals surface area contributed by atoms with E-state index in [1.54, 1.807) is 0 Å². The molecular formula is C7H12O5. The molecule has 4 N–H and O–H groups in total. The van der Waals surface area contributed by atoms with Crippen LogP contribution in [0, 0.1) is 0 Å². The second-order valence-electron chi connectivity index (χ2n) is 2.35. The van der Waals surface area contributed by atoms with E-state index in [1.807, 2.05) is 0 Å². The van der Waals surface area contributed by atoms with Crippen molar-refractivity contribution in [2.45, 2.75) is 18.6 Å². The Balaban J connectivity index is 4.09. The number of aliphatic hydroxyl groups is 3. The van der Waals surface area contributed by atoms with Crippen LogP contribution in [0.25, 0.3) is 0 Å². The zero-order chi connectivity index (χ0) is 9.72. The average molecular weight is 176 g/mol. The van der Waals surface area contributed by atoms with Crippen LogP contribution in [0.2, 0.25) is 0 Å². The van der Waals surface area contributed by atoms with Gasteiger partial charge < -0.3 is 20.4 Å². The van der Waals surface area contributed by atoms with E-state index in [1.165, 1.54) is 0 Å². The van der Waals surface area contributed by atoms with Crippen molar-refractivity contribution in [3.05, 3.63) is 12.2 Å². The Hall–Kier alpha value is -0.910. The fraction of sp³-hybridized carbons (Fsp3) is 0.571. The lowest BCUT2D eigenvalue weighted by molar-refractivity contribution is -0.134. The van der Waals surface area contributed by atoms with Crippen molar-refractivity contribution in [3.63, 3.8) is 0 Å². The van der Waals surface area contributed by atoms with Gasteiger partial charge in [0.2, 0.25) is 0 Å². The Kier molecular flexibility index (Phi) is 4.50. The molecule has 5 nitrogen and oxygen atoms in total. The van der Waals surface area contributed by atoms with Crippen LogP contribution in [0.3, 0.4) is 0 Å². The van der Waals surface area contributed by atoms with Crippen LogP contribution in [-0.2, 0) is 4.79 Å². The molecule has 0 aromatic heterocycles. The lowest BCUT2D eigenvalue weighted by Gasteiger charge is -2.16. The van der Waals surface area contributed by atoms with Gasteiger partial charge in [-0.3, -0.25) is 0 Å². The number of hydrogen-bond acceptors (Lipinski definition) is 4. The maximum atomic E-state index is 10.2. The van der Waals surface area contributed by atoms with Crippen molar-refractivity contribution in [2.75, 3.05) is 6.61 Å². The smallest absolute Gasteiger partial charge is 0.333 e. The van der Waals surface area contributed by atoms with Gasteiger partial charge in [0.25, 0.3) is 0 Å². The van der Waals surface area contributed by atoms with Crippen LogP contribution < -0.4 is 0 Å². The minimum Gasteiger partial charge on any atom is -0.478 e. The third kappa shape index (κ3) is 3.00. The van der Waals surface area contributed by atoms with Crippen molar-refractivity contribution in [2.24, 2.45) is 0 Å². The van der Waals surface area contributed by atoms with Gasteiger partial charge in [-0.05, 0) is 6.42 Å². The molecule has 0 aliphatic rings. The van der Waals surface area contributed by atoms with Gasteiger partial charge in [-0.25, -0.2) is 4.79 Å². The van der Waals surface area contributed by atoms with Crippen molar-refractivity contribution >= 4 is 5.97 Å². The van der Waals surface area contributed by atoms with Crippen LogP contribution in [-0.4, -0.2) is 45.2 Å². The van der Waals surface area contributed by atoms with Crippen molar-refractivity contribution in [1.82, 2.24) is 0 Å². The van der Waals surface area contributed by atoms with Crippen LogP contribution in [0.5, 0.6) is 0 Å². The van der Waals surface area contributed by atoms with Gasteiger partial charge in [0.15, 0.2) is 0 Å². The molecule has 0 fully saturated rings. The third-order valence-electron chi connectivity index (χ3n) is 1.42. The highest BCUT2D eigenvalue weighted by atomic mass is 16.4. The highest BCUT2D eigenvalue weighted by molar-refractivity contribution is 5.87. The van der Waals surface area contributed by atoms with Gasteiger partial charge in [0, 0.05) is 6.61 Å². The maximum Gasteiger partial charge on any atom is 0.333 e. The normalized spacial score (nSPS) is 15.2. The summed E-state index contributed by atoms with van der Waals surface area (Å²) >= 11 is 0. The lowest BCUT2D eigenvalue weighted by atomic mass is 10.0. The fourth-order valence-corrected chi connectivity index (χ4v) is 0.649. The highest BCUT2D eigenvalue weighted by Crippen LogP contribution is 2.07. The van der Waals surface area contributed by atoms with Gasteiger partial charge in [-0.15, -0.1) is 0 Å². The number of aliphatic hydroxyl groups excluding tert-OH is 3. The summed E-state index contributed by atoms with van der Waals surface area (Å²) in [5.41, 5.74) is -0.476. The summed E-state index contributed by atoms with van der Waals surface area (Å²) in [6.07, 6.45) is -2.87. The molecule has 0 radical (unpaired) electrons. The number of carbonyl (C=O) groups is 1. The molecule has 0 aromatic rings. The third-order valence-corrected chi connectivity index (χ3v) is 1.42. The van der Waals surface area contributed by atoms with Crippen LogP contribution in [0.15, 0.2) is 12.2 Å². The summed E-state index contributed by atoms with van der Waals surface area (Å²) in [6.45, 7) is 2.75. The maximum absolute atomic E-state index is 10.2. The second-order valence-corrected chi connectivity index (χ2v) is 2.35. The predicted molar refractivity (Wildman–Crippen MR) is 40.5 cm³/mol. The fourth-order valence-electron chi connectivity index (χ4n) is 0.649. The molecule has 0 saturated heterocycles. The van der Waals surface area contributed by atoms with Gasteiger partial charge in [-0.1, -0.05) is 6.58 Å². The molecular weight excluding hydrogens is 164 g/mol. The Morgan fingerprint density at radius 3 is 2.25 bits per heavy atom. The molecule has 0 aliphatic heterocycles. The molecule has 12 heavy (non-hydrogen) atoms. The molecule has 0 rings (SSSR count). The van der Waals surface area contributed by atoms with Crippen LogP contribution >= 0.6 is 0 Å². The molecule has 5 heteroatoms. The SMILES string of the molecule is C=C(C(=O)O)C(O)C(O)CCO. The zero-order valence-electron chi connectivity index (χ0n) is 6.47.